The van der Waals surface area contributed by atoms with Crippen LogP contribution in [0.25, 0.3) is 0 Å². The molecule has 13 heavy (non-hydrogen) atoms. The van der Waals surface area contributed by atoms with Crippen LogP contribution in [0.1, 0.15) is 18.1 Å². The third-order valence-corrected chi connectivity index (χ3v) is 2.11. The summed E-state index contributed by atoms with van der Waals surface area (Å²) in [5.41, 5.74) is 2.12. The number of hydrogen-bond donors (Lipinski definition) is 2. The lowest BCUT2D eigenvalue weighted by Crippen LogP contribution is -2.15. The Bertz CT molecular complexity index is 271. The quantitative estimate of drug-likeness (QED) is 0.691. The van der Waals surface area contributed by atoms with Crippen molar-refractivity contribution in [2.45, 2.75) is 20.3 Å². The van der Waals surface area contributed by atoms with Crippen LogP contribution >= 0.6 is 0 Å². The smallest absolute Gasteiger partial charge is 0.118 e. The van der Waals surface area contributed by atoms with Crippen LogP contribution in [0.3, 0.4) is 0 Å². The lowest BCUT2D eigenvalue weighted by Gasteiger charge is -2.04. The minimum atomic E-state index is 0.397. The molecule has 0 aliphatic heterocycles. The van der Waals surface area contributed by atoms with Gasteiger partial charge in [0.25, 0.3) is 0 Å². The van der Waals surface area contributed by atoms with E-state index < -0.39 is 0 Å². The minimum absolute atomic E-state index is 0.397. The van der Waals surface area contributed by atoms with E-state index in [1.54, 1.807) is 0 Å². The van der Waals surface area contributed by atoms with Crippen molar-refractivity contribution >= 4 is 0 Å². The molecule has 2 heteroatoms. The van der Waals surface area contributed by atoms with Gasteiger partial charge in [-0.1, -0.05) is 19.1 Å². The van der Waals surface area contributed by atoms with Crippen molar-refractivity contribution in [3.63, 3.8) is 0 Å². The average Bonchev–Trinajstić information content (AvgIpc) is 2.12. The summed E-state index contributed by atoms with van der Waals surface area (Å²) in [4.78, 5) is 0. The van der Waals surface area contributed by atoms with Crippen LogP contribution in [0.2, 0.25) is 0 Å². The molecule has 1 aromatic rings. The van der Waals surface area contributed by atoms with Gasteiger partial charge in [-0.25, -0.2) is 0 Å². The van der Waals surface area contributed by atoms with E-state index in [-0.39, 0.29) is 0 Å². The van der Waals surface area contributed by atoms with Gasteiger partial charge in [-0.15, -0.1) is 0 Å². The normalized spacial score (nSPS) is 10.3. The molecule has 0 aromatic heterocycles. The first kappa shape index (κ1) is 10.1. The molecule has 0 amide bonds. The van der Waals surface area contributed by atoms with Gasteiger partial charge in [-0.3, -0.25) is 0 Å². The van der Waals surface area contributed by atoms with E-state index in [2.05, 4.69) is 18.3 Å². The molecule has 0 saturated carbocycles. The highest BCUT2D eigenvalue weighted by molar-refractivity contribution is 5.35. The topological polar surface area (TPSA) is 32.3 Å². The van der Waals surface area contributed by atoms with Gasteiger partial charge >= 0.3 is 0 Å². The first-order valence-corrected chi connectivity index (χ1v) is 4.73. The Kier molecular flexibility index (Phi) is 3.77. The fourth-order valence-electron chi connectivity index (χ4n) is 1.22. The largest absolute Gasteiger partial charge is 0.508 e. The second-order valence-electron chi connectivity index (χ2n) is 3.22. The summed E-state index contributed by atoms with van der Waals surface area (Å²) >= 11 is 0. The number of benzene rings is 1. The second-order valence-corrected chi connectivity index (χ2v) is 3.22. The summed E-state index contributed by atoms with van der Waals surface area (Å²) in [6, 6.07) is 5.86. The number of likely N-dealkylation sites (N-methyl/N-ethyl adjacent to an activating group) is 1. The molecule has 0 fully saturated rings. The van der Waals surface area contributed by atoms with Gasteiger partial charge in [0.1, 0.15) is 5.75 Å². The van der Waals surface area contributed by atoms with E-state index in [0.29, 0.717) is 5.75 Å². The van der Waals surface area contributed by atoms with Crippen molar-refractivity contribution in [3.8, 4) is 5.75 Å². The summed E-state index contributed by atoms with van der Waals surface area (Å²) in [5, 5.41) is 12.7. The van der Waals surface area contributed by atoms with Crippen molar-refractivity contribution in [3.05, 3.63) is 29.3 Å². The van der Waals surface area contributed by atoms with Gasteiger partial charge in [-0.2, -0.15) is 0 Å². The number of nitrogens with one attached hydrogen (secondary N) is 1. The molecule has 1 rings (SSSR count). The maximum atomic E-state index is 9.44. The van der Waals surface area contributed by atoms with E-state index in [9.17, 15) is 5.11 Å². The standard InChI is InChI=1S/C11H17NO/c1-3-12-7-6-10-5-4-9(2)11(13)8-10/h4-5,8,12-13H,3,6-7H2,1-2H3. The summed E-state index contributed by atoms with van der Waals surface area (Å²) in [6.45, 7) is 5.97. The first-order valence-electron chi connectivity index (χ1n) is 4.73. The molecule has 0 aliphatic rings. The number of hydrogen-bond acceptors (Lipinski definition) is 2. The van der Waals surface area contributed by atoms with Crippen LogP contribution in [-0.4, -0.2) is 18.2 Å². The van der Waals surface area contributed by atoms with Crippen LogP contribution in [0.4, 0.5) is 0 Å². The average molecular weight is 179 g/mol. The predicted molar refractivity (Wildman–Crippen MR) is 55.1 cm³/mol. The van der Waals surface area contributed by atoms with Crippen molar-refractivity contribution in [2.75, 3.05) is 13.1 Å². The van der Waals surface area contributed by atoms with Gasteiger partial charge in [0.15, 0.2) is 0 Å². The van der Waals surface area contributed by atoms with Gasteiger partial charge in [0, 0.05) is 0 Å². The molecule has 0 heterocycles. The zero-order chi connectivity index (χ0) is 9.68. The van der Waals surface area contributed by atoms with Crippen molar-refractivity contribution < 1.29 is 5.11 Å². The summed E-state index contributed by atoms with van der Waals surface area (Å²) in [6.07, 6.45) is 0.974. The number of aryl methyl sites for hydroxylation is 1. The minimum Gasteiger partial charge on any atom is -0.508 e. The fourth-order valence-corrected chi connectivity index (χ4v) is 1.22. The van der Waals surface area contributed by atoms with Crippen LogP contribution < -0.4 is 5.32 Å². The van der Waals surface area contributed by atoms with Crippen molar-refractivity contribution in [1.29, 1.82) is 0 Å². The Morgan fingerprint density at radius 1 is 1.38 bits per heavy atom. The Morgan fingerprint density at radius 2 is 2.15 bits per heavy atom. The third-order valence-electron chi connectivity index (χ3n) is 2.11. The molecule has 0 atom stereocenters. The van der Waals surface area contributed by atoms with Crippen LogP contribution in [0.15, 0.2) is 18.2 Å². The maximum Gasteiger partial charge on any atom is 0.118 e. The number of rotatable bonds is 4. The molecular weight excluding hydrogens is 162 g/mol. The summed E-state index contributed by atoms with van der Waals surface area (Å²) in [5.74, 6) is 0.397. The van der Waals surface area contributed by atoms with Crippen molar-refractivity contribution in [2.24, 2.45) is 0 Å². The van der Waals surface area contributed by atoms with E-state index in [1.807, 2.05) is 19.1 Å². The lowest BCUT2D eigenvalue weighted by molar-refractivity contribution is 0.470. The zero-order valence-corrected chi connectivity index (χ0v) is 8.30. The van der Waals surface area contributed by atoms with Crippen LogP contribution in [-0.2, 0) is 6.42 Å². The Hall–Kier alpha value is -1.02. The first-order chi connectivity index (χ1) is 6.24. The molecule has 0 spiro atoms. The molecule has 72 valence electrons. The molecule has 0 radical (unpaired) electrons. The molecular formula is C11H17NO. The monoisotopic (exact) mass is 179 g/mol. The lowest BCUT2D eigenvalue weighted by atomic mass is 10.1. The van der Waals surface area contributed by atoms with Crippen molar-refractivity contribution in [1.82, 2.24) is 5.32 Å². The van der Waals surface area contributed by atoms with E-state index in [4.69, 9.17) is 0 Å². The Balaban J connectivity index is 2.53. The second kappa shape index (κ2) is 4.87. The highest BCUT2D eigenvalue weighted by Crippen LogP contribution is 2.17. The SMILES string of the molecule is CCNCCc1ccc(C)c(O)c1. The van der Waals surface area contributed by atoms with Gasteiger partial charge in [0.05, 0.1) is 0 Å². The third kappa shape index (κ3) is 3.07. The molecule has 1 aromatic carbocycles. The van der Waals surface area contributed by atoms with E-state index >= 15 is 0 Å². The van der Waals surface area contributed by atoms with Gasteiger partial charge < -0.3 is 10.4 Å². The highest BCUT2D eigenvalue weighted by atomic mass is 16.3. The number of phenolic OH excluding ortho intramolecular Hbond substituents is 1. The highest BCUT2D eigenvalue weighted by Gasteiger charge is 1.97. The zero-order valence-electron chi connectivity index (χ0n) is 8.30. The fraction of sp³-hybridized carbons (Fsp3) is 0.455. The van der Waals surface area contributed by atoms with Gasteiger partial charge in [0.2, 0.25) is 0 Å². The molecule has 0 aliphatic carbocycles. The maximum absolute atomic E-state index is 9.44. The van der Waals surface area contributed by atoms with E-state index in [1.165, 1.54) is 5.56 Å². The molecule has 0 bridgehead atoms. The van der Waals surface area contributed by atoms with Gasteiger partial charge in [-0.05, 0) is 43.6 Å². The van der Waals surface area contributed by atoms with Crippen LogP contribution in [0.5, 0.6) is 5.75 Å². The Morgan fingerprint density at radius 3 is 2.77 bits per heavy atom. The predicted octanol–water partition coefficient (Wildman–Crippen LogP) is 1.85. The van der Waals surface area contributed by atoms with Crippen LogP contribution in [0, 0.1) is 6.92 Å². The molecule has 2 nitrogen and oxygen atoms in total. The summed E-state index contributed by atoms with van der Waals surface area (Å²) < 4.78 is 0. The summed E-state index contributed by atoms with van der Waals surface area (Å²) in [7, 11) is 0. The molecule has 2 N–H and O–H groups in total. The number of aromatic hydroxyl groups is 1. The molecule has 0 saturated heterocycles. The molecule has 0 unspecified atom stereocenters. The van der Waals surface area contributed by atoms with E-state index in [0.717, 1.165) is 25.1 Å². The number of phenols is 1. The Labute approximate surface area is 79.6 Å².